The lowest BCUT2D eigenvalue weighted by molar-refractivity contribution is 0.143. The predicted molar refractivity (Wildman–Crippen MR) is 96.4 cm³/mol. The summed E-state index contributed by atoms with van der Waals surface area (Å²) in [5.74, 6) is 1.77. The van der Waals surface area contributed by atoms with Crippen LogP contribution in [0.25, 0.3) is 0 Å². The van der Waals surface area contributed by atoms with Crippen molar-refractivity contribution >= 4 is 5.96 Å². The number of aliphatic imine (C=N–C) groups is 1. The maximum atomic E-state index is 5.32. The smallest absolute Gasteiger partial charge is 0.190 e. The molecule has 23 heavy (non-hydrogen) atoms. The normalized spacial score (nSPS) is 11.3. The minimum Gasteiger partial charge on any atom is -0.497 e. The zero-order chi connectivity index (χ0) is 16.8. The lowest BCUT2D eigenvalue weighted by Gasteiger charge is -2.12. The number of aryl methyl sites for hydroxylation is 1. The fraction of sp³-hybridized carbons (Fsp3) is 0.611. The van der Waals surface area contributed by atoms with E-state index in [9.17, 15) is 0 Å². The van der Waals surface area contributed by atoms with Gasteiger partial charge in [0.1, 0.15) is 5.75 Å². The summed E-state index contributed by atoms with van der Waals surface area (Å²) in [6.45, 7) is 5.49. The number of nitrogens with one attached hydrogen (secondary N) is 2. The van der Waals surface area contributed by atoms with Gasteiger partial charge in [0.05, 0.1) is 7.11 Å². The highest BCUT2D eigenvalue weighted by atomic mass is 16.5. The molecule has 0 heterocycles. The van der Waals surface area contributed by atoms with Crippen LogP contribution in [-0.2, 0) is 11.2 Å². The standard InChI is InChI=1S/C18H31N3O2/c1-4-23-15-6-5-13-20-18(19-2)21-14-7-8-16-9-11-17(22-3)12-10-16/h9-12H,4-8,13-15H2,1-3H3,(H2,19,20,21). The zero-order valence-electron chi connectivity index (χ0n) is 14.7. The molecule has 0 aliphatic heterocycles. The Balaban J connectivity index is 2.10. The molecule has 1 aromatic rings. The maximum absolute atomic E-state index is 5.32. The number of guanidine groups is 1. The molecule has 1 rings (SSSR count). The molecule has 0 aromatic heterocycles. The lowest BCUT2D eigenvalue weighted by Crippen LogP contribution is -2.38. The van der Waals surface area contributed by atoms with E-state index in [-0.39, 0.29) is 0 Å². The van der Waals surface area contributed by atoms with E-state index in [1.807, 2.05) is 19.1 Å². The molecule has 0 unspecified atom stereocenters. The van der Waals surface area contributed by atoms with Crippen LogP contribution in [0.4, 0.5) is 0 Å². The lowest BCUT2D eigenvalue weighted by atomic mass is 10.1. The summed E-state index contributed by atoms with van der Waals surface area (Å²) in [6, 6.07) is 8.24. The quantitative estimate of drug-likeness (QED) is 0.374. The number of ether oxygens (including phenoxy) is 2. The Labute approximate surface area is 140 Å². The Morgan fingerprint density at radius 3 is 2.35 bits per heavy atom. The summed E-state index contributed by atoms with van der Waals surface area (Å²) in [4.78, 5) is 4.24. The second kappa shape index (κ2) is 12.8. The van der Waals surface area contributed by atoms with Crippen LogP contribution in [0.5, 0.6) is 5.75 Å². The molecule has 0 radical (unpaired) electrons. The van der Waals surface area contributed by atoms with Crippen LogP contribution >= 0.6 is 0 Å². The summed E-state index contributed by atoms with van der Waals surface area (Å²) in [7, 11) is 3.49. The van der Waals surface area contributed by atoms with Crippen molar-refractivity contribution in [3.63, 3.8) is 0 Å². The van der Waals surface area contributed by atoms with Crippen LogP contribution in [0.2, 0.25) is 0 Å². The molecule has 0 bridgehead atoms. The Bertz CT molecular complexity index is 432. The second-order valence-electron chi connectivity index (χ2n) is 5.28. The van der Waals surface area contributed by atoms with E-state index in [1.165, 1.54) is 5.56 Å². The first-order valence-electron chi connectivity index (χ1n) is 8.45. The van der Waals surface area contributed by atoms with Gasteiger partial charge in [-0.1, -0.05) is 12.1 Å². The number of benzene rings is 1. The first-order valence-corrected chi connectivity index (χ1v) is 8.45. The van der Waals surface area contributed by atoms with E-state index >= 15 is 0 Å². The summed E-state index contributed by atoms with van der Waals surface area (Å²) >= 11 is 0. The molecule has 0 aliphatic carbocycles. The van der Waals surface area contributed by atoms with E-state index in [1.54, 1.807) is 14.2 Å². The molecule has 0 saturated heterocycles. The van der Waals surface area contributed by atoms with Crippen LogP contribution in [0, 0.1) is 0 Å². The van der Waals surface area contributed by atoms with Gasteiger partial charge in [0.25, 0.3) is 0 Å². The Hall–Kier alpha value is -1.75. The molecule has 0 amide bonds. The first-order chi connectivity index (χ1) is 11.3. The van der Waals surface area contributed by atoms with E-state index < -0.39 is 0 Å². The average Bonchev–Trinajstić information content (AvgIpc) is 2.60. The van der Waals surface area contributed by atoms with Crippen molar-refractivity contribution in [3.8, 4) is 5.75 Å². The van der Waals surface area contributed by atoms with Crippen LogP contribution in [0.1, 0.15) is 31.7 Å². The Morgan fingerprint density at radius 2 is 1.74 bits per heavy atom. The summed E-state index contributed by atoms with van der Waals surface area (Å²) in [5, 5.41) is 6.67. The van der Waals surface area contributed by atoms with Gasteiger partial charge in [-0.25, -0.2) is 0 Å². The molecule has 0 aliphatic rings. The summed E-state index contributed by atoms with van der Waals surface area (Å²) < 4.78 is 10.5. The van der Waals surface area contributed by atoms with Gasteiger partial charge in [0.2, 0.25) is 0 Å². The molecule has 1 aromatic carbocycles. The van der Waals surface area contributed by atoms with Crippen molar-refractivity contribution in [2.24, 2.45) is 4.99 Å². The van der Waals surface area contributed by atoms with Gasteiger partial charge < -0.3 is 20.1 Å². The largest absolute Gasteiger partial charge is 0.497 e. The van der Waals surface area contributed by atoms with Crippen LogP contribution < -0.4 is 15.4 Å². The van der Waals surface area contributed by atoms with E-state index in [4.69, 9.17) is 9.47 Å². The molecule has 0 spiro atoms. The molecule has 5 heteroatoms. The minimum absolute atomic E-state index is 0.796. The molecular formula is C18H31N3O2. The van der Waals surface area contributed by atoms with Crippen molar-refractivity contribution in [2.75, 3.05) is 40.5 Å². The summed E-state index contributed by atoms with van der Waals surface area (Å²) in [5.41, 5.74) is 1.33. The SMILES string of the molecule is CCOCCCCNC(=NC)NCCCc1ccc(OC)cc1. The van der Waals surface area contributed by atoms with E-state index in [0.717, 1.165) is 63.7 Å². The van der Waals surface area contributed by atoms with Gasteiger partial charge >= 0.3 is 0 Å². The molecule has 0 fully saturated rings. The highest BCUT2D eigenvalue weighted by molar-refractivity contribution is 5.79. The summed E-state index contributed by atoms with van der Waals surface area (Å²) in [6.07, 6.45) is 4.28. The van der Waals surface area contributed by atoms with Crippen molar-refractivity contribution in [3.05, 3.63) is 29.8 Å². The third-order valence-corrected chi connectivity index (χ3v) is 3.53. The number of hydrogen-bond donors (Lipinski definition) is 2. The third-order valence-electron chi connectivity index (χ3n) is 3.53. The number of hydrogen-bond acceptors (Lipinski definition) is 3. The monoisotopic (exact) mass is 321 g/mol. The predicted octanol–water partition coefficient (Wildman–Crippen LogP) is 2.61. The fourth-order valence-electron chi connectivity index (χ4n) is 2.19. The molecule has 5 nitrogen and oxygen atoms in total. The van der Waals surface area contributed by atoms with Crippen LogP contribution in [0.15, 0.2) is 29.3 Å². The van der Waals surface area contributed by atoms with Gasteiger partial charge in [-0.3, -0.25) is 4.99 Å². The third kappa shape index (κ3) is 9.08. The topological polar surface area (TPSA) is 54.9 Å². The van der Waals surface area contributed by atoms with Gasteiger partial charge in [-0.05, 0) is 50.3 Å². The van der Waals surface area contributed by atoms with Crippen LogP contribution in [0.3, 0.4) is 0 Å². The Kier molecular flexibility index (Phi) is 10.7. The molecule has 0 saturated carbocycles. The van der Waals surface area contributed by atoms with Gasteiger partial charge in [-0.2, -0.15) is 0 Å². The average molecular weight is 321 g/mol. The van der Waals surface area contributed by atoms with E-state index in [2.05, 4.69) is 27.8 Å². The zero-order valence-corrected chi connectivity index (χ0v) is 14.7. The van der Waals surface area contributed by atoms with Gasteiger partial charge in [0.15, 0.2) is 5.96 Å². The molecular weight excluding hydrogens is 290 g/mol. The highest BCUT2D eigenvalue weighted by Gasteiger charge is 1.98. The second-order valence-corrected chi connectivity index (χ2v) is 5.28. The Morgan fingerprint density at radius 1 is 1.04 bits per heavy atom. The highest BCUT2D eigenvalue weighted by Crippen LogP contribution is 2.12. The van der Waals surface area contributed by atoms with Gasteiger partial charge in [0, 0.05) is 33.4 Å². The van der Waals surface area contributed by atoms with Crippen molar-refractivity contribution < 1.29 is 9.47 Å². The van der Waals surface area contributed by atoms with Crippen molar-refractivity contribution in [2.45, 2.75) is 32.6 Å². The molecule has 130 valence electrons. The fourth-order valence-corrected chi connectivity index (χ4v) is 2.19. The molecule has 0 atom stereocenters. The van der Waals surface area contributed by atoms with Crippen molar-refractivity contribution in [1.82, 2.24) is 10.6 Å². The van der Waals surface area contributed by atoms with Crippen LogP contribution in [-0.4, -0.2) is 46.4 Å². The van der Waals surface area contributed by atoms with E-state index in [0.29, 0.717) is 0 Å². The van der Waals surface area contributed by atoms with Gasteiger partial charge in [-0.15, -0.1) is 0 Å². The number of rotatable bonds is 11. The first kappa shape index (κ1) is 19.3. The number of nitrogens with zero attached hydrogens (tertiary/aromatic N) is 1. The van der Waals surface area contributed by atoms with Crippen molar-refractivity contribution in [1.29, 1.82) is 0 Å². The maximum Gasteiger partial charge on any atom is 0.190 e. The number of methoxy groups -OCH3 is 1. The molecule has 2 N–H and O–H groups in total. The minimum atomic E-state index is 0.796. The number of unbranched alkanes of at least 4 members (excludes halogenated alkanes) is 1.